The van der Waals surface area contributed by atoms with E-state index in [1.54, 1.807) is 11.3 Å². The molecule has 4 heteroatoms. The van der Waals surface area contributed by atoms with Crippen LogP contribution in [0.1, 0.15) is 44.1 Å². The van der Waals surface area contributed by atoms with Crippen molar-refractivity contribution in [3.8, 4) is 10.6 Å². The van der Waals surface area contributed by atoms with Gasteiger partial charge in [0.1, 0.15) is 5.01 Å². The second-order valence-corrected chi connectivity index (χ2v) is 7.78. The summed E-state index contributed by atoms with van der Waals surface area (Å²) in [5, 5.41) is 4.59. The Morgan fingerprint density at radius 2 is 1.86 bits per heavy atom. The lowest BCUT2D eigenvalue weighted by molar-refractivity contribution is 0.419. The molecule has 0 radical (unpaired) electrons. The van der Waals surface area contributed by atoms with Crippen molar-refractivity contribution in [1.82, 2.24) is 10.3 Å². The Balaban J connectivity index is 1.79. The SMILES string of the molecule is CC(C)(C)NCCCCc1ccc(-c2ncc(CN)s2)cc1. The lowest BCUT2D eigenvalue weighted by atomic mass is 10.1. The van der Waals surface area contributed by atoms with Crippen LogP contribution in [0.4, 0.5) is 0 Å². The summed E-state index contributed by atoms with van der Waals surface area (Å²) in [5.41, 5.74) is 8.44. The molecule has 0 bridgehead atoms. The van der Waals surface area contributed by atoms with Gasteiger partial charge in [0.15, 0.2) is 0 Å². The standard InChI is InChI=1S/C18H27N3S/c1-18(2,3)21-11-5-4-6-14-7-9-15(10-8-14)17-20-13-16(12-19)22-17/h7-10,13,21H,4-6,11-12,19H2,1-3H3. The van der Waals surface area contributed by atoms with E-state index in [1.807, 2.05) is 6.20 Å². The number of aryl methyl sites for hydroxylation is 1. The largest absolute Gasteiger partial charge is 0.326 e. The molecular weight excluding hydrogens is 290 g/mol. The molecule has 1 heterocycles. The molecule has 2 aromatic rings. The van der Waals surface area contributed by atoms with E-state index in [9.17, 15) is 0 Å². The average Bonchev–Trinajstić information content (AvgIpc) is 2.95. The number of unbranched alkanes of at least 4 members (excludes halogenated alkanes) is 1. The number of hydrogen-bond donors (Lipinski definition) is 2. The molecule has 0 atom stereocenters. The molecule has 3 nitrogen and oxygen atoms in total. The van der Waals surface area contributed by atoms with Crippen LogP contribution in [-0.4, -0.2) is 17.1 Å². The van der Waals surface area contributed by atoms with Crippen LogP contribution in [0.15, 0.2) is 30.5 Å². The molecule has 2 rings (SSSR count). The van der Waals surface area contributed by atoms with Gasteiger partial charge >= 0.3 is 0 Å². The molecule has 0 fully saturated rings. The Kier molecular flexibility index (Phi) is 6.12. The fourth-order valence-corrected chi connectivity index (χ4v) is 3.06. The Hall–Kier alpha value is -1.23. The minimum atomic E-state index is 0.220. The molecule has 0 amide bonds. The van der Waals surface area contributed by atoms with E-state index in [-0.39, 0.29) is 5.54 Å². The van der Waals surface area contributed by atoms with Gasteiger partial charge in [0, 0.05) is 28.7 Å². The molecule has 0 saturated heterocycles. The van der Waals surface area contributed by atoms with Crippen molar-refractivity contribution in [2.24, 2.45) is 5.73 Å². The maximum atomic E-state index is 5.64. The van der Waals surface area contributed by atoms with Gasteiger partial charge in [-0.25, -0.2) is 4.98 Å². The summed E-state index contributed by atoms with van der Waals surface area (Å²) in [6.07, 6.45) is 5.44. The molecule has 0 spiro atoms. The molecule has 1 aromatic carbocycles. The second kappa shape index (κ2) is 7.86. The normalized spacial score (nSPS) is 11.8. The zero-order valence-electron chi connectivity index (χ0n) is 13.9. The molecular formula is C18H27N3S. The second-order valence-electron chi connectivity index (χ2n) is 6.67. The third kappa shape index (κ3) is 5.52. The third-order valence-electron chi connectivity index (χ3n) is 3.50. The van der Waals surface area contributed by atoms with E-state index in [1.165, 1.54) is 24.0 Å². The highest BCUT2D eigenvalue weighted by Gasteiger charge is 2.07. The van der Waals surface area contributed by atoms with Crippen molar-refractivity contribution in [3.63, 3.8) is 0 Å². The number of aromatic nitrogens is 1. The number of nitrogens with two attached hydrogens (primary N) is 1. The van der Waals surface area contributed by atoms with Gasteiger partial charge in [0.2, 0.25) is 0 Å². The number of thiazole rings is 1. The van der Waals surface area contributed by atoms with Crippen LogP contribution >= 0.6 is 11.3 Å². The summed E-state index contributed by atoms with van der Waals surface area (Å²) < 4.78 is 0. The predicted molar refractivity (Wildman–Crippen MR) is 96.1 cm³/mol. The maximum Gasteiger partial charge on any atom is 0.123 e. The van der Waals surface area contributed by atoms with Crippen molar-refractivity contribution >= 4 is 11.3 Å². The fourth-order valence-electron chi connectivity index (χ4n) is 2.27. The summed E-state index contributed by atoms with van der Waals surface area (Å²) in [7, 11) is 0. The van der Waals surface area contributed by atoms with Crippen molar-refractivity contribution in [3.05, 3.63) is 40.9 Å². The van der Waals surface area contributed by atoms with Gasteiger partial charge in [0.25, 0.3) is 0 Å². The summed E-state index contributed by atoms with van der Waals surface area (Å²) in [6, 6.07) is 8.77. The average molecular weight is 318 g/mol. The summed E-state index contributed by atoms with van der Waals surface area (Å²) in [5.74, 6) is 0. The maximum absolute atomic E-state index is 5.64. The highest BCUT2D eigenvalue weighted by atomic mass is 32.1. The quantitative estimate of drug-likeness (QED) is 0.759. The van der Waals surface area contributed by atoms with Gasteiger partial charge in [-0.05, 0) is 52.1 Å². The molecule has 0 unspecified atom stereocenters. The molecule has 3 N–H and O–H groups in total. The van der Waals surface area contributed by atoms with Crippen molar-refractivity contribution < 1.29 is 0 Å². The molecule has 22 heavy (non-hydrogen) atoms. The van der Waals surface area contributed by atoms with Gasteiger partial charge in [-0.3, -0.25) is 0 Å². The molecule has 1 aromatic heterocycles. The number of rotatable bonds is 7. The first-order valence-electron chi connectivity index (χ1n) is 7.97. The van der Waals surface area contributed by atoms with E-state index in [0.29, 0.717) is 6.54 Å². The van der Waals surface area contributed by atoms with Crippen LogP contribution in [0.2, 0.25) is 0 Å². The first kappa shape index (κ1) is 17.1. The Morgan fingerprint density at radius 3 is 2.45 bits per heavy atom. The Bertz CT molecular complexity index is 567. The van der Waals surface area contributed by atoms with E-state index in [2.05, 4.69) is 55.3 Å². The lowest BCUT2D eigenvalue weighted by Crippen LogP contribution is -2.36. The molecule has 0 aliphatic heterocycles. The number of benzene rings is 1. The van der Waals surface area contributed by atoms with Gasteiger partial charge < -0.3 is 11.1 Å². The topological polar surface area (TPSA) is 50.9 Å². The lowest BCUT2D eigenvalue weighted by Gasteiger charge is -2.20. The minimum Gasteiger partial charge on any atom is -0.326 e. The van der Waals surface area contributed by atoms with Crippen molar-refractivity contribution in [2.45, 2.75) is 52.1 Å². The summed E-state index contributed by atoms with van der Waals surface area (Å²) in [4.78, 5) is 5.56. The van der Waals surface area contributed by atoms with Crippen molar-refractivity contribution in [1.29, 1.82) is 0 Å². The van der Waals surface area contributed by atoms with Crippen LogP contribution in [0, 0.1) is 0 Å². The number of nitrogens with zero attached hydrogens (tertiary/aromatic N) is 1. The smallest absolute Gasteiger partial charge is 0.123 e. The van der Waals surface area contributed by atoms with Crippen molar-refractivity contribution in [2.75, 3.05) is 6.54 Å². The zero-order chi connectivity index (χ0) is 16.0. The van der Waals surface area contributed by atoms with Crippen LogP contribution in [0.3, 0.4) is 0 Å². The zero-order valence-corrected chi connectivity index (χ0v) is 14.7. The summed E-state index contributed by atoms with van der Waals surface area (Å²) in [6.45, 7) is 8.28. The first-order chi connectivity index (χ1) is 10.5. The van der Waals surface area contributed by atoms with Crippen LogP contribution in [0.5, 0.6) is 0 Å². The van der Waals surface area contributed by atoms with Gasteiger partial charge in [-0.1, -0.05) is 24.3 Å². The van der Waals surface area contributed by atoms with Crippen LogP contribution < -0.4 is 11.1 Å². The highest BCUT2D eigenvalue weighted by molar-refractivity contribution is 7.15. The fraction of sp³-hybridized carbons (Fsp3) is 0.500. The highest BCUT2D eigenvalue weighted by Crippen LogP contribution is 2.25. The van der Waals surface area contributed by atoms with Gasteiger partial charge in [-0.15, -0.1) is 11.3 Å². The van der Waals surface area contributed by atoms with Gasteiger partial charge in [-0.2, -0.15) is 0 Å². The molecule has 0 aliphatic rings. The first-order valence-corrected chi connectivity index (χ1v) is 8.79. The van der Waals surface area contributed by atoms with E-state index < -0.39 is 0 Å². The summed E-state index contributed by atoms with van der Waals surface area (Å²) >= 11 is 1.67. The molecule has 0 saturated carbocycles. The monoisotopic (exact) mass is 317 g/mol. The van der Waals surface area contributed by atoms with E-state index in [0.717, 1.165) is 22.9 Å². The van der Waals surface area contributed by atoms with E-state index in [4.69, 9.17) is 5.73 Å². The Labute approximate surface area is 138 Å². The molecule has 0 aliphatic carbocycles. The van der Waals surface area contributed by atoms with Crippen LogP contribution in [-0.2, 0) is 13.0 Å². The van der Waals surface area contributed by atoms with Crippen LogP contribution in [0.25, 0.3) is 10.6 Å². The number of nitrogens with one attached hydrogen (secondary N) is 1. The van der Waals surface area contributed by atoms with Gasteiger partial charge in [0.05, 0.1) is 0 Å². The Morgan fingerprint density at radius 1 is 1.14 bits per heavy atom. The number of hydrogen-bond acceptors (Lipinski definition) is 4. The predicted octanol–water partition coefficient (Wildman–Crippen LogP) is 3.98. The third-order valence-corrected chi connectivity index (χ3v) is 4.57. The molecule has 120 valence electrons. The van der Waals surface area contributed by atoms with E-state index >= 15 is 0 Å². The minimum absolute atomic E-state index is 0.220.